The third kappa shape index (κ3) is 3.97. The number of hydrogen-bond donors (Lipinski definition) is 0. The van der Waals surface area contributed by atoms with Crippen molar-refractivity contribution in [3.63, 3.8) is 0 Å². The summed E-state index contributed by atoms with van der Waals surface area (Å²) < 4.78 is 39.7. The lowest BCUT2D eigenvalue weighted by atomic mass is 9.95. The predicted octanol–water partition coefficient (Wildman–Crippen LogP) is 9.94. The molecule has 0 atom stereocenters. The number of rotatable bonds is 4. The third-order valence-corrected chi connectivity index (χ3v) is 8.52. The summed E-state index contributed by atoms with van der Waals surface area (Å²) in [5.41, 5.74) is 10.1. The highest BCUT2D eigenvalue weighted by atomic mass is 19.1. The van der Waals surface area contributed by atoms with E-state index >= 15 is 0 Å². The van der Waals surface area contributed by atoms with Gasteiger partial charge in [-0.3, -0.25) is 0 Å². The average molecular weight is 578 g/mol. The molecule has 0 radical (unpaired) electrons. The van der Waals surface area contributed by atoms with Gasteiger partial charge in [-0.2, -0.15) is 4.57 Å². The molecule has 5 heteroatoms. The van der Waals surface area contributed by atoms with E-state index in [1.165, 1.54) is 6.07 Å². The first-order valence-corrected chi connectivity index (χ1v) is 14.6. The average Bonchev–Trinajstić information content (AvgIpc) is 3.55. The first kappa shape index (κ1) is 26.1. The fourth-order valence-corrected chi connectivity index (χ4v) is 6.55. The van der Waals surface area contributed by atoms with Gasteiger partial charge in [0.05, 0.1) is 18.0 Å². The molecule has 0 saturated carbocycles. The van der Waals surface area contributed by atoms with E-state index in [4.69, 9.17) is 4.42 Å². The molecule has 0 aliphatic rings. The summed E-state index contributed by atoms with van der Waals surface area (Å²) in [4.78, 5) is 0. The largest absolute Gasteiger partial charge is 0.456 e. The number of imidazole rings is 1. The number of fused-ring (bicyclic) bond motifs is 4. The molecule has 2 heterocycles. The van der Waals surface area contributed by atoms with Crippen molar-refractivity contribution in [3.8, 4) is 39.3 Å². The van der Waals surface area contributed by atoms with Crippen molar-refractivity contribution >= 4 is 33.0 Å². The van der Waals surface area contributed by atoms with E-state index in [9.17, 15) is 8.78 Å². The van der Waals surface area contributed by atoms with E-state index in [1.54, 1.807) is 0 Å². The molecule has 2 aromatic heterocycles. The fraction of sp³-hybridized carbons (Fsp3) is 0.0513. The van der Waals surface area contributed by atoms with Gasteiger partial charge in [0.15, 0.2) is 11.0 Å². The Morgan fingerprint density at radius 2 is 1.27 bits per heavy atom. The van der Waals surface area contributed by atoms with Crippen molar-refractivity contribution in [1.82, 2.24) is 4.57 Å². The fourth-order valence-electron chi connectivity index (χ4n) is 6.55. The lowest BCUT2D eigenvalue weighted by Gasteiger charge is -2.15. The molecule has 0 N–H and O–H groups in total. The Morgan fingerprint density at radius 3 is 1.95 bits per heavy atom. The van der Waals surface area contributed by atoms with Crippen LogP contribution in [0.4, 0.5) is 8.78 Å². The Labute approximate surface area is 252 Å². The first-order valence-electron chi connectivity index (χ1n) is 14.6. The molecule has 0 unspecified atom stereocenters. The molecule has 0 fully saturated rings. The summed E-state index contributed by atoms with van der Waals surface area (Å²) in [6.07, 6.45) is 0. The zero-order valence-corrected chi connectivity index (χ0v) is 24.2. The minimum absolute atomic E-state index is 0.194. The number of hydrogen-bond acceptors (Lipinski definition) is 1. The second kappa shape index (κ2) is 10.0. The molecule has 0 aliphatic heterocycles. The van der Waals surface area contributed by atoms with Gasteiger partial charge in [-0.05, 0) is 47.9 Å². The monoisotopic (exact) mass is 577 g/mol. The molecule has 44 heavy (non-hydrogen) atoms. The molecule has 0 bridgehead atoms. The molecule has 212 valence electrons. The Balaban J connectivity index is 1.51. The third-order valence-electron chi connectivity index (χ3n) is 8.52. The van der Waals surface area contributed by atoms with Gasteiger partial charge in [0, 0.05) is 28.6 Å². The van der Waals surface area contributed by atoms with E-state index in [0.717, 1.165) is 62.0 Å². The lowest BCUT2D eigenvalue weighted by Crippen LogP contribution is -2.30. The van der Waals surface area contributed by atoms with Gasteiger partial charge >= 0.3 is 0 Å². The van der Waals surface area contributed by atoms with Crippen molar-refractivity contribution in [3.05, 3.63) is 145 Å². The number of aryl methyl sites for hydroxylation is 2. The van der Waals surface area contributed by atoms with E-state index in [2.05, 4.69) is 101 Å². The molecular weight excluding hydrogens is 550 g/mol. The summed E-state index contributed by atoms with van der Waals surface area (Å²) in [5.74, 6) is -0.350. The molecule has 6 aromatic carbocycles. The topological polar surface area (TPSA) is 21.9 Å². The maximum absolute atomic E-state index is 15.0. The standard InChI is InChI=1S/C39H27F2N2O/c1-24-20-31-35(44-36-22-27(40)21-32(41)37(31)36)23-30(24)39-42(2)33-18-9-10-19-34(33)43(39)38-28(25-12-5-3-6-13-25)16-11-17-29(38)26-14-7-4-8-15-26/h3-23H,1-2H3/q+1. The Hall–Kier alpha value is -5.55. The summed E-state index contributed by atoms with van der Waals surface area (Å²) in [6.45, 7) is 2.03. The summed E-state index contributed by atoms with van der Waals surface area (Å²) >= 11 is 0. The maximum Gasteiger partial charge on any atom is 0.295 e. The van der Waals surface area contributed by atoms with Gasteiger partial charge in [-0.1, -0.05) is 91.0 Å². The second-order valence-electron chi connectivity index (χ2n) is 11.2. The van der Waals surface area contributed by atoms with E-state index < -0.39 is 11.6 Å². The Bertz CT molecular complexity index is 2310. The number of nitrogens with zero attached hydrogens (tertiary/aromatic N) is 2. The predicted molar refractivity (Wildman–Crippen MR) is 173 cm³/mol. The van der Waals surface area contributed by atoms with Gasteiger partial charge in [0.2, 0.25) is 0 Å². The van der Waals surface area contributed by atoms with Crippen LogP contribution < -0.4 is 4.57 Å². The molecule has 8 rings (SSSR count). The number of benzene rings is 6. The van der Waals surface area contributed by atoms with Crippen LogP contribution in [0.15, 0.2) is 132 Å². The lowest BCUT2D eigenvalue weighted by molar-refractivity contribution is -0.633. The molecule has 0 spiro atoms. The molecule has 0 saturated heterocycles. The molecular formula is C39H27F2N2O+. The number of halogens is 2. The van der Waals surface area contributed by atoms with Crippen molar-refractivity contribution in [2.24, 2.45) is 7.05 Å². The van der Waals surface area contributed by atoms with E-state index in [-0.39, 0.29) is 5.58 Å². The first-order chi connectivity index (χ1) is 21.5. The molecule has 8 aromatic rings. The van der Waals surface area contributed by atoms with Gasteiger partial charge in [-0.25, -0.2) is 13.3 Å². The van der Waals surface area contributed by atoms with Crippen LogP contribution in [0.3, 0.4) is 0 Å². The van der Waals surface area contributed by atoms with Crippen molar-refractivity contribution in [1.29, 1.82) is 0 Å². The Morgan fingerprint density at radius 1 is 0.636 bits per heavy atom. The number of aromatic nitrogens is 2. The van der Waals surface area contributed by atoms with Crippen molar-refractivity contribution in [2.45, 2.75) is 6.92 Å². The maximum atomic E-state index is 15.0. The van der Waals surface area contributed by atoms with Crippen LogP contribution in [0.25, 0.3) is 72.3 Å². The number of furan rings is 1. The highest BCUT2D eigenvalue weighted by Gasteiger charge is 2.31. The van der Waals surface area contributed by atoms with Crippen LogP contribution >= 0.6 is 0 Å². The second-order valence-corrected chi connectivity index (χ2v) is 11.2. The molecule has 3 nitrogen and oxygen atoms in total. The number of para-hydroxylation sites is 3. The normalized spacial score (nSPS) is 11.6. The summed E-state index contributed by atoms with van der Waals surface area (Å²) in [7, 11) is 2.07. The van der Waals surface area contributed by atoms with Gasteiger partial charge in [-0.15, -0.1) is 0 Å². The van der Waals surface area contributed by atoms with Crippen LogP contribution in [0.5, 0.6) is 0 Å². The van der Waals surface area contributed by atoms with Crippen LogP contribution in [0.1, 0.15) is 5.56 Å². The van der Waals surface area contributed by atoms with Crippen LogP contribution in [0, 0.1) is 18.6 Å². The van der Waals surface area contributed by atoms with Crippen LogP contribution in [-0.2, 0) is 7.05 Å². The van der Waals surface area contributed by atoms with Crippen LogP contribution in [0.2, 0.25) is 0 Å². The smallest absolute Gasteiger partial charge is 0.295 e. The zero-order chi connectivity index (χ0) is 29.9. The minimum atomic E-state index is -0.663. The highest BCUT2D eigenvalue weighted by molar-refractivity contribution is 6.07. The van der Waals surface area contributed by atoms with Crippen molar-refractivity contribution in [2.75, 3.05) is 0 Å². The van der Waals surface area contributed by atoms with Gasteiger partial charge in [0.25, 0.3) is 5.82 Å². The Kier molecular flexibility index (Phi) is 5.95. The minimum Gasteiger partial charge on any atom is -0.456 e. The van der Waals surface area contributed by atoms with Crippen molar-refractivity contribution < 1.29 is 17.8 Å². The van der Waals surface area contributed by atoms with Gasteiger partial charge in [0.1, 0.15) is 28.5 Å². The summed E-state index contributed by atoms with van der Waals surface area (Å²) in [5, 5.41) is 0.917. The van der Waals surface area contributed by atoms with E-state index in [0.29, 0.717) is 16.4 Å². The SMILES string of the molecule is Cc1cc2c(cc1-c1n(-c3c(-c4ccccc4)cccc3-c3ccccc3)c3ccccc3[n+]1C)oc1cc(F)cc(F)c12. The van der Waals surface area contributed by atoms with Crippen LogP contribution in [-0.4, -0.2) is 4.57 Å². The van der Waals surface area contributed by atoms with E-state index in [1.807, 2.05) is 37.3 Å². The highest BCUT2D eigenvalue weighted by Crippen LogP contribution is 2.42. The zero-order valence-electron chi connectivity index (χ0n) is 24.2. The molecule has 0 aliphatic carbocycles. The summed E-state index contributed by atoms with van der Waals surface area (Å²) in [6, 6.07) is 41.7. The van der Waals surface area contributed by atoms with Gasteiger partial charge < -0.3 is 4.42 Å². The molecule has 0 amide bonds. The quantitative estimate of drug-likeness (QED) is 0.191.